The number of ether oxygens (including phenoxy) is 1. The maximum absolute atomic E-state index is 5.65. The van der Waals surface area contributed by atoms with Crippen molar-refractivity contribution in [3.63, 3.8) is 0 Å². The number of rotatable bonds is 2. The minimum Gasteiger partial charge on any atom is -0.377 e. The summed E-state index contributed by atoms with van der Waals surface area (Å²) in [6.07, 6.45) is 1.82. The number of nitrogens with zero attached hydrogens (tertiary/aromatic N) is 2. The Morgan fingerprint density at radius 3 is 3.38 bits per heavy atom. The molecule has 5 heteroatoms. The van der Waals surface area contributed by atoms with E-state index in [0.29, 0.717) is 12.6 Å². The monoisotopic (exact) mass is 199 g/mol. The van der Waals surface area contributed by atoms with Gasteiger partial charge >= 0.3 is 0 Å². The van der Waals surface area contributed by atoms with Crippen LogP contribution in [0, 0.1) is 0 Å². The molecule has 0 bridgehead atoms. The number of hydrogen-bond donors (Lipinski definition) is 1. The van der Waals surface area contributed by atoms with Crippen molar-refractivity contribution in [2.24, 2.45) is 5.73 Å². The molecule has 0 spiro atoms. The van der Waals surface area contributed by atoms with Crippen LogP contribution in [-0.2, 0) is 4.74 Å². The number of nitrogens with two attached hydrogens (primary N) is 1. The SMILES string of the molecule is NCC1COCCN1c1nccs1. The third-order valence-electron chi connectivity index (χ3n) is 2.16. The number of anilines is 1. The average Bonchev–Trinajstić information content (AvgIpc) is 2.70. The Morgan fingerprint density at radius 1 is 1.77 bits per heavy atom. The number of thiazole rings is 1. The van der Waals surface area contributed by atoms with E-state index in [-0.39, 0.29) is 0 Å². The van der Waals surface area contributed by atoms with E-state index in [9.17, 15) is 0 Å². The average molecular weight is 199 g/mol. The summed E-state index contributed by atoms with van der Waals surface area (Å²) < 4.78 is 5.36. The zero-order chi connectivity index (χ0) is 9.10. The van der Waals surface area contributed by atoms with Gasteiger partial charge in [0.2, 0.25) is 0 Å². The van der Waals surface area contributed by atoms with Gasteiger partial charge in [-0.1, -0.05) is 0 Å². The molecule has 1 unspecified atom stereocenters. The molecule has 13 heavy (non-hydrogen) atoms. The number of hydrogen-bond acceptors (Lipinski definition) is 5. The highest BCUT2D eigenvalue weighted by Gasteiger charge is 2.23. The van der Waals surface area contributed by atoms with E-state index in [0.717, 1.165) is 24.9 Å². The van der Waals surface area contributed by atoms with Gasteiger partial charge in [-0.15, -0.1) is 11.3 Å². The summed E-state index contributed by atoms with van der Waals surface area (Å²) in [4.78, 5) is 6.50. The summed E-state index contributed by atoms with van der Waals surface area (Å²) in [5.74, 6) is 0. The molecular formula is C8H13N3OS. The molecule has 1 fully saturated rings. The van der Waals surface area contributed by atoms with Crippen LogP contribution in [0.15, 0.2) is 11.6 Å². The smallest absolute Gasteiger partial charge is 0.185 e. The van der Waals surface area contributed by atoms with E-state index in [4.69, 9.17) is 10.5 Å². The maximum atomic E-state index is 5.65. The van der Waals surface area contributed by atoms with Crippen LogP contribution >= 0.6 is 11.3 Å². The van der Waals surface area contributed by atoms with Crippen molar-refractivity contribution in [1.82, 2.24) is 4.98 Å². The predicted octanol–water partition coefficient (Wildman–Crippen LogP) is 0.307. The topological polar surface area (TPSA) is 51.4 Å². The molecule has 0 saturated carbocycles. The second-order valence-corrected chi connectivity index (χ2v) is 3.85. The molecule has 1 aliphatic heterocycles. The third-order valence-corrected chi connectivity index (χ3v) is 2.97. The molecule has 2 N–H and O–H groups in total. The third kappa shape index (κ3) is 1.82. The fourth-order valence-corrected chi connectivity index (χ4v) is 2.20. The lowest BCUT2D eigenvalue weighted by Crippen LogP contribution is -2.49. The lowest BCUT2D eigenvalue weighted by Gasteiger charge is -2.34. The summed E-state index contributed by atoms with van der Waals surface area (Å²) in [7, 11) is 0. The van der Waals surface area contributed by atoms with E-state index in [1.807, 2.05) is 11.6 Å². The quantitative estimate of drug-likeness (QED) is 0.744. The molecule has 1 aromatic heterocycles. The highest BCUT2D eigenvalue weighted by Crippen LogP contribution is 2.21. The van der Waals surface area contributed by atoms with Crippen molar-refractivity contribution in [2.45, 2.75) is 6.04 Å². The van der Waals surface area contributed by atoms with Crippen molar-refractivity contribution in [1.29, 1.82) is 0 Å². The molecule has 1 atom stereocenters. The van der Waals surface area contributed by atoms with Crippen LogP contribution in [0.4, 0.5) is 5.13 Å². The van der Waals surface area contributed by atoms with Gasteiger partial charge in [-0.05, 0) is 0 Å². The van der Waals surface area contributed by atoms with Crippen LogP contribution in [0.1, 0.15) is 0 Å². The second-order valence-electron chi connectivity index (χ2n) is 2.97. The van der Waals surface area contributed by atoms with Crippen LogP contribution < -0.4 is 10.6 Å². The Kier molecular flexibility index (Phi) is 2.77. The highest BCUT2D eigenvalue weighted by molar-refractivity contribution is 7.13. The van der Waals surface area contributed by atoms with E-state index < -0.39 is 0 Å². The van der Waals surface area contributed by atoms with Crippen molar-refractivity contribution >= 4 is 16.5 Å². The van der Waals surface area contributed by atoms with E-state index in [1.165, 1.54) is 0 Å². The van der Waals surface area contributed by atoms with Crippen LogP contribution in [0.2, 0.25) is 0 Å². The minimum atomic E-state index is 0.292. The van der Waals surface area contributed by atoms with Crippen molar-refractivity contribution in [3.05, 3.63) is 11.6 Å². The molecule has 0 aromatic carbocycles. The zero-order valence-electron chi connectivity index (χ0n) is 7.35. The summed E-state index contributed by atoms with van der Waals surface area (Å²) in [5, 5.41) is 3.04. The highest BCUT2D eigenvalue weighted by atomic mass is 32.1. The summed E-state index contributed by atoms with van der Waals surface area (Å²) in [6.45, 7) is 3.02. The van der Waals surface area contributed by atoms with E-state index in [2.05, 4.69) is 9.88 Å². The molecule has 0 radical (unpaired) electrons. The molecule has 0 aliphatic carbocycles. The first kappa shape index (κ1) is 8.93. The van der Waals surface area contributed by atoms with Crippen molar-refractivity contribution in [2.75, 3.05) is 31.2 Å². The van der Waals surface area contributed by atoms with Crippen molar-refractivity contribution in [3.8, 4) is 0 Å². The molecule has 72 valence electrons. The standard InChI is InChI=1S/C8H13N3OS/c9-5-7-6-12-3-2-11(7)8-10-1-4-13-8/h1,4,7H,2-3,5-6,9H2. The first-order valence-electron chi connectivity index (χ1n) is 4.36. The molecule has 2 rings (SSSR count). The maximum Gasteiger partial charge on any atom is 0.185 e. The lowest BCUT2D eigenvalue weighted by molar-refractivity contribution is 0.0962. The van der Waals surface area contributed by atoms with Gasteiger partial charge in [0.15, 0.2) is 5.13 Å². The van der Waals surface area contributed by atoms with Gasteiger partial charge in [0.1, 0.15) is 0 Å². The van der Waals surface area contributed by atoms with Gasteiger partial charge in [-0.3, -0.25) is 0 Å². The number of aromatic nitrogens is 1. The largest absolute Gasteiger partial charge is 0.377 e. The summed E-state index contributed by atoms with van der Waals surface area (Å²) in [5.41, 5.74) is 5.65. The van der Waals surface area contributed by atoms with Gasteiger partial charge in [-0.2, -0.15) is 0 Å². The predicted molar refractivity (Wildman–Crippen MR) is 53.1 cm³/mol. The summed E-state index contributed by atoms with van der Waals surface area (Å²) in [6, 6.07) is 0.292. The van der Waals surface area contributed by atoms with Crippen LogP contribution in [0.3, 0.4) is 0 Å². The molecule has 0 amide bonds. The van der Waals surface area contributed by atoms with E-state index in [1.54, 1.807) is 11.3 Å². The fraction of sp³-hybridized carbons (Fsp3) is 0.625. The fourth-order valence-electron chi connectivity index (χ4n) is 1.46. The van der Waals surface area contributed by atoms with Gasteiger partial charge in [-0.25, -0.2) is 4.98 Å². The second kappa shape index (κ2) is 4.04. The Morgan fingerprint density at radius 2 is 2.69 bits per heavy atom. The van der Waals surface area contributed by atoms with Crippen LogP contribution in [-0.4, -0.2) is 37.3 Å². The lowest BCUT2D eigenvalue weighted by atomic mass is 10.2. The van der Waals surface area contributed by atoms with Crippen LogP contribution in [0.5, 0.6) is 0 Å². The molecule has 2 heterocycles. The molecule has 1 aromatic rings. The molecule has 1 saturated heterocycles. The normalized spacial score (nSPS) is 23.5. The zero-order valence-corrected chi connectivity index (χ0v) is 8.17. The Balaban J connectivity index is 2.11. The van der Waals surface area contributed by atoms with Gasteiger partial charge in [0.05, 0.1) is 19.3 Å². The molecular weight excluding hydrogens is 186 g/mol. The van der Waals surface area contributed by atoms with Crippen molar-refractivity contribution < 1.29 is 4.74 Å². The first-order valence-corrected chi connectivity index (χ1v) is 5.23. The Bertz CT molecular complexity index is 252. The minimum absolute atomic E-state index is 0.292. The van der Waals surface area contributed by atoms with Gasteiger partial charge in [0.25, 0.3) is 0 Å². The summed E-state index contributed by atoms with van der Waals surface area (Å²) >= 11 is 1.65. The Hall–Kier alpha value is -0.650. The first-order chi connectivity index (χ1) is 6.42. The number of morpholine rings is 1. The molecule has 1 aliphatic rings. The van der Waals surface area contributed by atoms with Gasteiger partial charge < -0.3 is 15.4 Å². The Labute approximate surface area is 81.3 Å². The van der Waals surface area contributed by atoms with E-state index >= 15 is 0 Å². The van der Waals surface area contributed by atoms with Gasteiger partial charge in [0, 0.05) is 24.7 Å². The molecule has 4 nitrogen and oxygen atoms in total. The van der Waals surface area contributed by atoms with Crippen LogP contribution in [0.25, 0.3) is 0 Å².